The van der Waals surface area contributed by atoms with E-state index in [0.717, 1.165) is 11.1 Å². The van der Waals surface area contributed by atoms with Crippen molar-refractivity contribution in [1.29, 1.82) is 0 Å². The predicted molar refractivity (Wildman–Crippen MR) is 94.6 cm³/mol. The SMILES string of the molecule is Nn1c(SCC(=O)NCc2ccc(F)cc2)nnc1-c1ccccc1. The van der Waals surface area contributed by atoms with Crippen LogP contribution in [0.25, 0.3) is 11.4 Å². The normalized spacial score (nSPS) is 10.6. The van der Waals surface area contributed by atoms with Gasteiger partial charge in [0, 0.05) is 12.1 Å². The Morgan fingerprint density at radius 1 is 1.12 bits per heavy atom. The summed E-state index contributed by atoms with van der Waals surface area (Å²) in [7, 11) is 0. The molecule has 128 valence electrons. The number of amides is 1. The van der Waals surface area contributed by atoms with Gasteiger partial charge < -0.3 is 11.2 Å². The monoisotopic (exact) mass is 357 g/mol. The zero-order valence-electron chi connectivity index (χ0n) is 13.2. The summed E-state index contributed by atoms with van der Waals surface area (Å²) in [5, 5.41) is 11.3. The van der Waals surface area contributed by atoms with Gasteiger partial charge >= 0.3 is 0 Å². The van der Waals surface area contributed by atoms with Crippen LogP contribution in [0, 0.1) is 5.82 Å². The van der Waals surface area contributed by atoms with Crippen LogP contribution in [0.3, 0.4) is 0 Å². The summed E-state index contributed by atoms with van der Waals surface area (Å²) in [6.07, 6.45) is 0. The van der Waals surface area contributed by atoms with Crippen LogP contribution in [0.4, 0.5) is 4.39 Å². The van der Waals surface area contributed by atoms with Gasteiger partial charge in [-0.05, 0) is 17.7 Å². The second-order valence-electron chi connectivity index (χ2n) is 5.23. The molecule has 3 N–H and O–H groups in total. The number of carbonyl (C=O) groups is 1. The van der Waals surface area contributed by atoms with E-state index in [-0.39, 0.29) is 17.5 Å². The van der Waals surface area contributed by atoms with Gasteiger partial charge in [-0.1, -0.05) is 54.2 Å². The van der Waals surface area contributed by atoms with E-state index in [1.54, 1.807) is 12.1 Å². The molecule has 0 saturated heterocycles. The number of nitrogens with two attached hydrogens (primary N) is 1. The Labute approximate surface area is 148 Å². The quantitative estimate of drug-likeness (QED) is 0.522. The summed E-state index contributed by atoms with van der Waals surface area (Å²) < 4.78 is 14.2. The van der Waals surface area contributed by atoms with Crippen molar-refractivity contribution in [3.8, 4) is 11.4 Å². The minimum Gasteiger partial charge on any atom is -0.351 e. The topological polar surface area (TPSA) is 85.8 Å². The number of benzene rings is 2. The molecule has 2 aromatic carbocycles. The minimum absolute atomic E-state index is 0.158. The van der Waals surface area contributed by atoms with Gasteiger partial charge in [-0.15, -0.1) is 10.2 Å². The molecule has 1 amide bonds. The number of nitrogens with zero attached hydrogens (tertiary/aromatic N) is 3. The standard InChI is InChI=1S/C17H16FN5OS/c18-14-8-6-12(7-9-14)10-20-15(24)11-25-17-22-21-16(23(17)19)13-4-2-1-3-5-13/h1-9H,10-11,19H2,(H,20,24). The first-order valence-electron chi connectivity index (χ1n) is 7.53. The zero-order valence-corrected chi connectivity index (χ0v) is 14.0. The molecule has 0 aliphatic rings. The van der Waals surface area contributed by atoms with Crippen LogP contribution in [0.15, 0.2) is 59.8 Å². The maximum absolute atomic E-state index is 12.8. The Kier molecular flexibility index (Phi) is 5.30. The average Bonchev–Trinajstić information content (AvgIpc) is 3.01. The molecule has 0 aliphatic carbocycles. The van der Waals surface area contributed by atoms with E-state index >= 15 is 0 Å². The fraction of sp³-hybridized carbons (Fsp3) is 0.118. The number of rotatable bonds is 6. The van der Waals surface area contributed by atoms with Crippen molar-refractivity contribution in [3.05, 3.63) is 66.0 Å². The molecule has 8 heteroatoms. The highest BCUT2D eigenvalue weighted by Gasteiger charge is 2.13. The molecule has 0 spiro atoms. The number of nitrogens with one attached hydrogen (secondary N) is 1. The lowest BCUT2D eigenvalue weighted by atomic mass is 10.2. The lowest BCUT2D eigenvalue weighted by Crippen LogP contribution is -2.25. The lowest BCUT2D eigenvalue weighted by Gasteiger charge is -2.06. The van der Waals surface area contributed by atoms with Crippen molar-refractivity contribution < 1.29 is 9.18 Å². The highest BCUT2D eigenvalue weighted by atomic mass is 32.2. The van der Waals surface area contributed by atoms with Crippen molar-refractivity contribution in [2.24, 2.45) is 0 Å². The van der Waals surface area contributed by atoms with E-state index in [0.29, 0.717) is 17.5 Å². The Morgan fingerprint density at radius 2 is 1.84 bits per heavy atom. The van der Waals surface area contributed by atoms with E-state index in [4.69, 9.17) is 5.84 Å². The van der Waals surface area contributed by atoms with Crippen LogP contribution in [0.2, 0.25) is 0 Å². The summed E-state index contributed by atoms with van der Waals surface area (Å²) in [6, 6.07) is 15.4. The smallest absolute Gasteiger partial charge is 0.230 e. The summed E-state index contributed by atoms with van der Waals surface area (Å²) in [5.74, 6) is 6.23. The summed E-state index contributed by atoms with van der Waals surface area (Å²) >= 11 is 1.20. The molecular formula is C17H16FN5OS. The maximum atomic E-state index is 12.8. The van der Waals surface area contributed by atoms with Crippen LogP contribution < -0.4 is 11.2 Å². The Balaban J connectivity index is 1.54. The number of aromatic nitrogens is 3. The van der Waals surface area contributed by atoms with Gasteiger partial charge in [-0.2, -0.15) is 0 Å². The fourth-order valence-corrected chi connectivity index (χ4v) is 2.83. The summed E-state index contributed by atoms with van der Waals surface area (Å²) in [6.45, 7) is 0.338. The Bertz CT molecular complexity index is 851. The van der Waals surface area contributed by atoms with Gasteiger partial charge in [0.15, 0.2) is 5.82 Å². The Hall–Kier alpha value is -2.87. The van der Waals surface area contributed by atoms with Gasteiger partial charge in [0.2, 0.25) is 11.1 Å². The first-order chi connectivity index (χ1) is 12.1. The van der Waals surface area contributed by atoms with Crippen LogP contribution in [-0.2, 0) is 11.3 Å². The van der Waals surface area contributed by atoms with Gasteiger partial charge in [0.1, 0.15) is 5.82 Å². The van der Waals surface area contributed by atoms with E-state index in [1.165, 1.54) is 28.6 Å². The van der Waals surface area contributed by atoms with Crippen LogP contribution in [0.5, 0.6) is 0 Å². The molecule has 6 nitrogen and oxygen atoms in total. The highest BCUT2D eigenvalue weighted by molar-refractivity contribution is 7.99. The van der Waals surface area contributed by atoms with Crippen molar-refractivity contribution in [3.63, 3.8) is 0 Å². The summed E-state index contributed by atoms with van der Waals surface area (Å²) in [4.78, 5) is 11.9. The van der Waals surface area contributed by atoms with E-state index in [2.05, 4.69) is 15.5 Å². The lowest BCUT2D eigenvalue weighted by molar-refractivity contribution is -0.118. The average molecular weight is 357 g/mol. The molecule has 0 radical (unpaired) electrons. The third-order valence-corrected chi connectivity index (χ3v) is 4.37. The number of thioether (sulfide) groups is 1. The third-order valence-electron chi connectivity index (χ3n) is 3.43. The zero-order chi connectivity index (χ0) is 17.6. The molecule has 0 unspecified atom stereocenters. The second-order valence-corrected chi connectivity index (χ2v) is 6.18. The second kappa shape index (κ2) is 7.80. The molecule has 3 aromatic rings. The molecule has 0 atom stereocenters. The van der Waals surface area contributed by atoms with E-state index < -0.39 is 0 Å². The van der Waals surface area contributed by atoms with E-state index in [1.807, 2.05) is 30.3 Å². The third kappa shape index (κ3) is 4.36. The molecular weight excluding hydrogens is 341 g/mol. The maximum Gasteiger partial charge on any atom is 0.230 e. The number of hydrogen-bond donors (Lipinski definition) is 2. The number of nitrogen functional groups attached to an aromatic ring is 1. The molecule has 0 saturated carbocycles. The molecule has 3 rings (SSSR count). The first kappa shape index (κ1) is 17.0. The molecule has 0 aliphatic heterocycles. The fourth-order valence-electron chi connectivity index (χ4n) is 2.14. The number of halogens is 1. The van der Waals surface area contributed by atoms with Crippen LogP contribution in [0.1, 0.15) is 5.56 Å². The minimum atomic E-state index is -0.304. The van der Waals surface area contributed by atoms with Gasteiger partial charge in [-0.25, -0.2) is 9.07 Å². The molecule has 0 fully saturated rings. The van der Waals surface area contributed by atoms with Crippen LogP contribution in [-0.4, -0.2) is 26.5 Å². The predicted octanol–water partition coefficient (Wildman–Crippen LogP) is 2.21. The van der Waals surface area contributed by atoms with E-state index in [9.17, 15) is 9.18 Å². The van der Waals surface area contributed by atoms with Crippen LogP contribution >= 0.6 is 11.8 Å². The largest absolute Gasteiger partial charge is 0.351 e. The molecule has 1 heterocycles. The first-order valence-corrected chi connectivity index (χ1v) is 8.52. The van der Waals surface area contributed by atoms with Gasteiger partial charge in [0.25, 0.3) is 0 Å². The van der Waals surface area contributed by atoms with Crippen molar-refractivity contribution in [2.45, 2.75) is 11.7 Å². The highest BCUT2D eigenvalue weighted by Crippen LogP contribution is 2.21. The van der Waals surface area contributed by atoms with Crippen molar-refractivity contribution >= 4 is 17.7 Å². The molecule has 1 aromatic heterocycles. The van der Waals surface area contributed by atoms with Gasteiger partial charge in [0.05, 0.1) is 5.75 Å². The van der Waals surface area contributed by atoms with Crippen molar-refractivity contribution in [1.82, 2.24) is 20.2 Å². The van der Waals surface area contributed by atoms with Gasteiger partial charge in [-0.3, -0.25) is 4.79 Å². The molecule has 25 heavy (non-hydrogen) atoms. The Morgan fingerprint density at radius 3 is 2.56 bits per heavy atom. The molecule has 0 bridgehead atoms. The van der Waals surface area contributed by atoms with Crippen molar-refractivity contribution in [2.75, 3.05) is 11.6 Å². The number of carbonyl (C=O) groups excluding carboxylic acids is 1. The number of hydrogen-bond acceptors (Lipinski definition) is 5. The summed E-state index contributed by atoms with van der Waals surface area (Å²) in [5.41, 5.74) is 1.68.